The van der Waals surface area contributed by atoms with E-state index in [1.807, 2.05) is 6.07 Å². The highest BCUT2D eigenvalue weighted by atomic mass is 16.5. The average molecular weight is 306 g/mol. The van der Waals surface area contributed by atoms with E-state index in [1.165, 1.54) is 18.4 Å². The van der Waals surface area contributed by atoms with Crippen LogP contribution in [0.15, 0.2) is 24.3 Å². The normalized spacial score (nSPS) is 15.9. The van der Waals surface area contributed by atoms with Gasteiger partial charge in [-0.25, -0.2) is 0 Å². The number of rotatable bonds is 10. The van der Waals surface area contributed by atoms with Crippen molar-refractivity contribution in [1.29, 1.82) is 0 Å². The van der Waals surface area contributed by atoms with Gasteiger partial charge in [0.15, 0.2) is 0 Å². The van der Waals surface area contributed by atoms with Gasteiger partial charge in [0.2, 0.25) is 0 Å². The van der Waals surface area contributed by atoms with Crippen molar-refractivity contribution in [2.75, 3.05) is 46.0 Å². The van der Waals surface area contributed by atoms with E-state index in [2.05, 4.69) is 35.3 Å². The summed E-state index contributed by atoms with van der Waals surface area (Å²) in [7, 11) is 0. The van der Waals surface area contributed by atoms with Gasteiger partial charge >= 0.3 is 0 Å². The zero-order valence-corrected chi connectivity index (χ0v) is 13.9. The Balaban J connectivity index is 1.63. The van der Waals surface area contributed by atoms with E-state index >= 15 is 0 Å². The quantitative estimate of drug-likeness (QED) is 0.674. The van der Waals surface area contributed by atoms with Crippen LogP contribution < -0.4 is 10.1 Å². The number of benzene rings is 1. The van der Waals surface area contributed by atoms with Gasteiger partial charge in [-0.05, 0) is 32.0 Å². The fourth-order valence-corrected chi connectivity index (χ4v) is 2.59. The maximum Gasteiger partial charge on any atom is 0.123 e. The van der Waals surface area contributed by atoms with Gasteiger partial charge in [-0.1, -0.05) is 31.5 Å². The molecule has 124 valence electrons. The number of hydrogen-bond donors (Lipinski definition) is 1. The van der Waals surface area contributed by atoms with E-state index in [9.17, 15) is 0 Å². The van der Waals surface area contributed by atoms with E-state index in [0.29, 0.717) is 0 Å². The van der Waals surface area contributed by atoms with Crippen LogP contribution in [0.2, 0.25) is 0 Å². The summed E-state index contributed by atoms with van der Waals surface area (Å²) in [6.07, 6.45) is 3.46. The van der Waals surface area contributed by atoms with Crippen molar-refractivity contribution in [3.63, 3.8) is 0 Å². The van der Waals surface area contributed by atoms with Gasteiger partial charge < -0.3 is 14.8 Å². The standard InChI is InChI=1S/C18H30N2O2/c1-2-3-13-22-18-8-5-4-7-17(18)16-19-9-6-10-20-11-14-21-15-12-20/h4-5,7-8,19H,2-3,6,9-16H2,1H3. The van der Waals surface area contributed by atoms with Crippen LogP contribution in [0.25, 0.3) is 0 Å². The molecular weight excluding hydrogens is 276 g/mol. The lowest BCUT2D eigenvalue weighted by molar-refractivity contribution is 0.0374. The summed E-state index contributed by atoms with van der Waals surface area (Å²) in [6, 6.07) is 8.34. The van der Waals surface area contributed by atoms with E-state index in [-0.39, 0.29) is 0 Å². The predicted octanol–water partition coefficient (Wildman–Crippen LogP) is 2.68. The van der Waals surface area contributed by atoms with Crippen LogP contribution in [0.4, 0.5) is 0 Å². The molecule has 1 N–H and O–H groups in total. The monoisotopic (exact) mass is 306 g/mol. The van der Waals surface area contributed by atoms with Crippen molar-refractivity contribution in [2.24, 2.45) is 0 Å². The molecule has 0 bridgehead atoms. The molecule has 0 atom stereocenters. The molecule has 1 aromatic rings. The first kappa shape index (κ1) is 17.3. The van der Waals surface area contributed by atoms with Gasteiger partial charge in [0.25, 0.3) is 0 Å². The summed E-state index contributed by atoms with van der Waals surface area (Å²) in [6.45, 7) is 10.0. The predicted molar refractivity (Wildman–Crippen MR) is 90.4 cm³/mol. The molecular formula is C18H30N2O2. The minimum absolute atomic E-state index is 0.810. The zero-order valence-electron chi connectivity index (χ0n) is 13.9. The van der Waals surface area contributed by atoms with Crippen LogP contribution >= 0.6 is 0 Å². The number of morpholine rings is 1. The lowest BCUT2D eigenvalue weighted by Gasteiger charge is -2.26. The van der Waals surface area contributed by atoms with Gasteiger partial charge in [-0.15, -0.1) is 0 Å². The van der Waals surface area contributed by atoms with Crippen LogP contribution in [-0.2, 0) is 11.3 Å². The van der Waals surface area contributed by atoms with Crippen LogP contribution in [-0.4, -0.2) is 50.9 Å². The van der Waals surface area contributed by atoms with Crippen LogP contribution in [0, 0.1) is 0 Å². The smallest absolute Gasteiger partial charge is 0.123 e. The Morgan fingerprint density at radius 1 is 1.18 bits per heavy atom. The van der Waals surface area contributed by atoms with Crippen LogP contribution in [0.5, 0.6) is 5.75 Å². The Kier molecular flexibility index (Phi) is 8.31. The third-order valence-electron chi connectivity index (χ3n) is 3.98. The largest absolute Gasteiger partial charge is 0.493 e. The van der Waals surface area contributed by atoms with E-state index in [0.717, 1.165) is 64.7 Å². The first-order valence-electron chi connectivity index (χ1n) is 8.61. The molecule has 1 fully saturated rings. The first-order valence-corrected chi connectivity index (χ1v) is 8.61. The topological polar surface area (TPSA) is 33.7 Å². The van der Waals surface area contributed by atoms with Crippen LogP contribution in [0.1, 0.15) is 31.7 Å². The number of hydrogen-bond acceptors (Lipinski definition) is 4. The molecule has 1 aliphatic heterocycles. The highest BCUT2D eigenvalue weighted by Gasteiger charge is 2.09. The minimum Gasteiger partial charge on any atom is -0.493 e. The van der Waals surface area contributed by atoms with Crippen molar-refractivity contribution >= 4 is 0 Å². The third-order valence-corrected chi connectivity index (χ3v) is 3.98. The second kappa shape index (κ2) is 10.6. The fraction of sp³-hybridized carbons (Fsp3) is 0.667. The minimum atomic E-state index is 0.810. The van der Waals surface area contributed by atoms with E-state index < -0.39 is 0 Å². The Morgan fingerprint density at radius 2 is 2.00 bits per heavy atom. The highest BCUT2D eigenvalue weighted by molar-refractivity contribution is 5.33. The van der Waals surface area contributed by atoms with Crippen molar-refractivity contribution in [3.05, 3.63) is 29.8 Å². The summed E-state index contributed by atoms with van der Waals surface area (Å²) in [5, 5.41) is 3.53. The first-order chi connectivity index (χ1) is 10.9. The Hall–Kier alpha value is -1.10. The lowest BCUT2D eigenvalue weighted by atomic mass is 10.2. The SMILES string of the molecule is CCCCOc1ccccc1CNCCCN1CCOCC1. The summed E-state index contributed by atoms with van der Waals surface area (Å²) >= 11 is 0. The molecule has 4 nitrogen and oxygen atoms in total. The van der Waals surface area contributed by atoms with Gasteiger partial charge in [0.05, 0.1) is 19.8 Å². The number of ether oxygens (including phenoxy) is 2. The van der Waals surface area contributed by atoms with Gasteiger partial charge in [-0.3, -0.25) is 4.90 Å². The van der Waals surface area contributed by atoms with Crippen molar-refractivity contribution in [3.8, 4) is 5.75 Å². The number of unbranched alkanes of at least 4 members (excludes halogenated alkanes) is 1. The van der Waals surface area contributed by atoms with Gasteiger partial charge in [0, 0.05) is 25.2 Å². The summed E-state index contributed by atoms with van der Waals surface area (Å²) in [5.41, 5.74) is 1.25. The molecule has 0 saturated carbocycles. The maximum atomic E-state index is 5.87. The molecule has 0 aliphatic carbocycles. The number of nitrogens with one attached hydrogen (secondary N) is 1. The maximum absolute atomic E-state index is 5.87. The summed E-state index contributed by atoms with van der Waals surface area (Å²) in [4.78, 5) is 2.48. The zero-order chi connectivity index (χ0) is 15.5. The molecule has 4 heteroatoms. The molecule has 0 unspecified atom stereocenters. The molecule has 1 saturated heterocycles. The second-order valence-corrected chi connectivity index (χ2v) is 5.79. The number of para-hydroxylation sites is 1. The Morgan fingerprint density at radius 3 is 2.82 bits per heavy atom. The average Bonchev–Trinajstić information content (AvgIpc) is 2.57. The summed E-state index contributed by atoms with van der Waals surface area (Å²) < 4.78 is 11.2. The highest BCUT2D eigenvalue weighted by Crippen LogP contribution is 2.18. The fourth-order valence-electron chi connectivity index (χ4n) is 2.59. The molecule has 0 amide bonds. The molecule has 0 spiro atoms. The summed E-state index contributed by atoms with van der Waals surface area (Å²) in [5.74, 6) is 1.02. The number of nitrogens with zero attached hydrogens (tertiary/aromatic N) is 1. The Labute approximate surface area is 134 Å². The van der Waals surface area contributed by atoms with Gasteiger partial charge in [-0.2, -0.15) is 0 Å². The van der Waals surface area contributed by atoms with Crippen molar-refractivity contribution in [2.45, 2.75) is 32.7 Å². The van der Waals surface area contributed by atoms with Crippen molar-refractivity contribution in [1.82, 2.24) is 10.2 Å². The van der Waals surface area contributed by atoms with Crippen molar-refractivity contribution < 1.29 is 9.47 Å². The van der Waals surface area contributed by atoms with Crippen LogP contribution in [0.3, 0.4) is 0 Å². The molecule has 1 aromatic carbocycles. The molecule has 1 heterocycles. The van der Waals surface area contributed by atoms with Gasteiger partial charge in [0.1, 0.15) is 5.75 Å². The molecule has 0 radical (unpaired) electrons. The van der Waals surface area contributed by atoms with E-state index in [1.54, 1.807) is 0 Å². The molecule has 22 heavy (non-hydrogen) atoms. The van der Waals surface area contributed by atoms with E-state index in [4.69, 9.17) is 9.47 Å². The third kappa shape index (κ3) is 6.34. The lowest BCUT2D eigenvalue weighted by Crippen LogP contribution is -2.37. The molecule has 0 aromatic heterocycles. The second-order valence-electron chi connectivity index (χ2n) is 5.79. The molecule has 2 rings (SSSR count). The Bertz CT molecular complexity index is 406. The molecule has 1 aliphatic rings.